The van der Waals surface area contributed by atoms with Crippen molar-refractivity contribution in [3.63, 3.8) is 0 Å². The van der Waals surface area contributed by atoms with Crippen LogP contribution in [0, 0.1) is 0 Å². The third-order valence-electron chi connectivity index (χ3n) is 9.08. The van der Waals surface area contributed by atoms with Crippen LogP contribution in [0.25, 0.3) is 47.9 Å². The molecule has 3 nitrogen and oxygen atoms in total. The highest BCUT2D eigenvalue weighted by Gasteiger charge is 2.43. The molecule has 5 aromatic carbocycles. The number of thiophene rings is 1. The lowest BCUT2D eigenvalue weighted by Gasteiger charge is -2.34. The number of hydrogen-bond acceptors (Lipinski definition) is 3. The number of aromatic nitrogens is 3. The number of benzene rings is 5. The van der Waals surface area contributed by atoms with E-state index in [1.165, 1.54) is 47.0 Å². The summed E-state index contributed by atoms with van der Waals surface area (Å²) >= 11 is 1.80. The van der Waals surface area contributed by atoms with Crippen LogP contribution < -0.4 is 20.7 Å². The highest BCUT2D eigenvalue weighted by Crippen LogP contribution is 2.33. The summed E-state index contributed by atoms with van der Waals surface area (Å²) in [6, 6.07) is 55.0. The van der Waals surface area contributed by atoms with Crippen molar-refractivity contribution in [2.75, 3.05) is 0 Å². The summed E-state index contributed by atoms with van der Waals surface area (Å²) in [4.78, 5) is 11.1. The van der Waals surface area contributed by atoms with Gasteiger partial charge >= 0.3 is 0 Å². The third kappa shape index (κ3) is 3.88. The monoisotopic (exact) mass is 609 g/mol. The van der Waals surface area contributed by atoms with E-state index in [4.69, 9.17) is 9.97 Å². The van der Waals surface area contributed by atoms with Crippen LogP contribution in [0.5, 0.6) is 0 Å². The SMILES string of the molecule is c1ccc([Si](c2ccccc2)(c2ccc(-n3c4ccccc4c4ccccc43)nc2)c2cccc3c2sc2ncccc23)cc1. The Morgan fingerprint density at radius 1 is 0.467 bits per heavy atom. The maximum Gasteiger partial charge on any atom is 0.182 e. The van der Waals surface area contributed by atoms with E-state index in [-0.39, 0.29) is 0 Å². The summed E-state index contributed by atoms with van der Waals surface area (Å²) in [6.45, 7) is 0. The second-order valence-corrected chi connectivity index (χ2v) is 16.2. The van der Waals surface area contributed by atoms with Crippen LogP contribution in [0.1, 0.15) is 0 Å². The van der Waals surface area contributed by atoms with Crippen molar-refractivity contribution >= 4 is 82.3 Å². The average molecular weight is 610 g/mol. The Morgan fingerprint density at radius 3 is 1.71 bits per heavy atom. The molecule has 0 spiro atoms. The lowest BCUT2D eigenvalue weighted by Crippen LogP contribution is -2.74. The Bertz CT molecular complexity index is 2390. The summed E-state index contributed by atoms with van der Waals surface area (Å²) in [7, 11) is -2.83. The summed E-state index contributed by atoms with van der Waals surface area (Å²) in [6.07, 6.45) is 4.04. The molecule has 0 amide bonds. The fraction of sp³-hybridized carbons (Fsp3) is 0. The van der Waals surface area contributed by atoms with Gasteiger partial charge in [-0.3, -0.25) is 4.57 Å². The Morgan fingerprint density at radius 2 is 1.07 bits per heavy atom. The number of para-hydroxylation sites is 2. The van der Waals surface area contributed by atoms with Crippen LogP contribution in [0.3, 0.4) is 0 Å². The molecule has 0 aliphatic rings. The highest BCUT2D eigenvalue weighted by atomic mass is 32.1. The van der Waals surface area contributed by atoms with Crippen LogP contribution >= 0.6 is 11.3 Å². The van der Waals surface area contributed by atoms with E-state index < -0.39 is 8.07 Å². The van der Waals surface area contributed by atoms with Crippen LogP contribution in [0.2, 0.25) is 0 Å². The van der Waals surface area contributed by atoms with Gasteiger partial charge in [0.1, 0.15) is 10.6 Å². The van der Waals surface area contributed by atoms with Crippen LogP contribution in [-0.2, 0) is 0 Å². The fourth-order valence-corrected chi connectivity index (χ4v) is 13.6. The molecule has 0 aliphatic carbocycles. The van der Waals surface area contributed by atoms with Gasteiger partial charge in [0.15, 0.2) is 8.07 Å². The van der Waals surface area contributed by atoms with Crippen molar-refractivity contribution in [2.24, 2.45) is 0 Å². The van der Waals surface area contributed by atoms with Crippen molar-refractivity contribution in [1.29, 1.82) is 0 Å². The maximum atomic E-state index is 5.28. The summed E-state index contributed by atoms with van der Waals surface area (Å²) in [5.41, 5.74) is 2.33. The molecule has 4 aromatic heterocycles. The Labute approximate surface area is 265 Å². The summed E-state index contributed by atoms with van der Waals surface area (Å²) < 4.78 is 3.60. The molecular weight excluding hydrogens is 583 g/mol. The van der Waals surface area contributed by atoms with Crippen LogP contribution in [0.15, 0.2) is 164 Å². The standard InChI is InChI=1S/C40H27N3SSi/c1-3-13-28(14-4-1)45(29-15-5-2-6-16-29,37-23-11-19-33-34-20-12-26-41-40(34)44-39(33)37)30-24-25-38(42-27-30)43-35-21-9-7-17-31(35)32-18-8-10-22-36(32)43/h1-27H. The van der Waals surface area contributed by atoms with Gasteiger partial charge in [-0.1, -0.05) is 121 Å². The quantitative estimate of drug-likeness (QED) is 0.151. The van der Waals surface area contributed by atoms with E-state index in [1.807, 2.05) is 12.3 Å². The van der Waals surface area contributed by atoms with Crippen LogP contribution in [-0.4, -0.2) is 22.6 Å². The van der Waals surface area contributed by atoms with Gasteiger partial charge in [-0.2, -0.15) is 0 Å². The predicted molar refractivity (Wildman–Crippen MR) is 193 cm³/mol. The predicted octanol–water partition coefficient (Wildman–Crippen LogP) is 7.32. The van der Waals surface area contributed by atoms with Crippen molar-refractivity contribution in [1.82, 2.24) is 14.5 Å². The van der Waals surface area contributed by atoms with E-state index in [0.717, 1.165) is 21.7 Å². The Kier molecular flexibility index (Phi) is 6.01. The molecule has 0 radical (unpaired) electrons. The Balaban J connectivity index is 1.36. The molecule has 0 unspecified atom stereocenters. The van der Waals surface area contributed by atoms with Gasteiger partial charge in [0.25, 0.3) is 0 Å². The van der Waals surface area contributed by atoms with Gasteiger partial charge in [-0.25, -0.2) is 9.97 Å². The first kappa shape index (κ1) is 26.1. The van der Waals surface area contributed by atoms with Crippen molar-refractivity contribution in [3.05, 3.63) is 164 Å². The number of rotatable bonds is 5. The molecule has 9 rings (SSSR count). The first-order valence-corrected chi connectivity index (χ1v) is 18.0. The fourth-order valence-electron chi connectivity index (χ4n) is 7.18. The zero-order valence-electron chi connectivity index (χ0n) is 24.3. The molecule has 0 N–H and O–H groups in total. The van der Waals surface area contributed by atoms with Gasteiger partial charge in [-0.05, 0) is 51.1 Å². The van der Waals surface area contributed by atoms with Crippen molar-refractivity contribution in [3.8, 4) is 5.82 Å². The van der Waals surface area contributed by atoms with Crippen molar-refractivity contribution in [2.45, 2.75) is 0 Å². The van der Waals surface area contributed by atoms with Gasteiger partial charge in [0.2, 0.25) is 0 Å². The molecule has 9 aromatic rings. The second-order valence-electron chi connectivity index (χ2n) is 11.4. The second kappa shape index (κ2) is 10.4. The number of hydrogen-bond donors (Lipinski definition) is 0. The lowest BCUT2D eigenvalue weighted by molar-refractivity contribution is 1.08. The van der Waals surface area contributed by atoms with Gasteiger partial charge < -0.3 is 0 Å². The third-order valence-corrected chi connectivity index (χ3v) is 15.2. The zero-order chi connectivity index (χ0) is 29.8. The molecule has 0 atom stereocenters. The number of nitrogens with zero attached hydrogens (tertiary/aromatic N) is 3. The highest BCUT2D eigenvalue weighted by molar-refractivity contribution is 7.30. The minimum atomic E-state index is -2.83. The molecule has 45 heavy (non-hydrogen) atoms. The zero-order valence-corrected chi connectivity index (χ0v) is 26.2. The molecule has 0 saturated heterocycles. The van der Waals surface area contributed by atoms with E-state index in [0.29, 0.717) is 0 Å². The largest absolute Gasteiger partial charge is 0.294 e. The normalized spacial score (nSPS) is 12.0. The van der Waals surface area contributed by atoms with Crippen LogP contribution in [0.4, 0.5) is 0 Å². The maximum absolute atomic E-state index is 5.28. The van der Waals surface area contributed by atoms with Gasteiger partial charge in [0, 0.05) is 38.6 Å². The van der Waals surface area contributed by atoms with E-state index in [2.05, 4.69) is 156 Å². The molecule has 4 heterocycles. The molecule has 212 valence electrons. The van der Waals surface area contributed by atoms with Crippen molar-refractivity contribution < 1.29 is 0 Å². The van der Waals surface area contributed by atoms with E-state index in [1.54, 1.807) is 11.3 Å². The molecule has 5 heteroatoms. The minimum absolute atomic E-state index is 0.921. The van der Waals surface area contributed by atoms with Gasteiger partial charge in [0.05, 0.1) is 11.0 Å². The number of pyridine rings is 2. The smallest absolute Gasteiger partial charge is 0.182 e. The van der Waals surface area contributed by atoms with E-state index >= 15 is 0 Å². The molecule has 0 saturated carbocycles. The average Bonchev–Trinajstić information content (AvgIpc) is 3.66. The molecule has 0 fully saturated rings. The lowest BCUT2D eigenvalue weighted by atomic mass is 10.2. The summed E-state index contributed by atoms with van der Waals surface area (Å²) in [5, 5.41) is 10.2. The Hall–Kier alpha value is -5.36. The molecular formula is C40H27N3SSi. The summed E-state index contributed by atoms with van der Waals surface area (Å²) in [5.74, 6) is 0.921. The van der Waals surface area contributed by atoms with E-state index in [9.17, 15) is 0 Å². The van der Waals surface area contributed by atoms with Gasteiger partial charge in [-0.15, -0.1) is 11.3 Å². The number of fused-ring (bicyclic) bond motifs is 6. The molecule has 0 bridgehead atoms. The minimum Gasteiger partial charge on any atom is -0.294 e. The topological polar surface area (TPSA) is 30.7 Å². The first-order chi connectivity index (χ1) is 22.3. The molecule has 0 aliphatic heterocycles. The first-order valence-electron chi connectivity index (χ1n) is 15.2.